The van der Waals surface area contributed by atoms with Crippen LogP contribution < -0.4 is 5.32 Å². The number of hydrogen-bond donors (Lipinski definition) is 1. The van der Waals surface area contributed by atoms with Crippen molar-refractivity contribution < 1.29 is 9.59 Å². The number of hydrogen-bond acceptors (Lipinski definition) is 2. The Morgan fingerprint density at radius 3 is 2.82 bits per heavy atom. The summed E-state index contributed by atoms with van der Waals surface area (Å²) in [6.45, 7) is 2.88. The van der Waals surface area contributed by atoms with Crippen molar-refractivity contribution in [3.8, 4) is 12.3 Å². The van der Waals surface area contributed by atoms with Gasteiger partial charge in [-0.05, 0) is 25.7 Å². The van der Waals surface area contributed by atoms with E-state index < -0.39 is 5.54 Å². The van der Waals surface area contributed by atoms with Gasteiger partial charge in [0.1, 0.15) is 5.54 Å². The lowest BCUT2D eigenvalue weighted by Crippen LogP contribution is -2.56. The van der Waals surface area contributed by atoms with Crippen LogP contribution in [-0.4, -0.2) is 35.3 Å². The average Bonchev–Trinajstić information content (AvgIpc) is 3.11. The van der Waals surface area contributed by atoms with Gasteiger partial charge in [0.25, 0.3) is 0 Å². The van der Waals surface area contributed by atoms with Crippen LogP contribution in [0.1, 0.15) is 32.6 Å². The maximum absolute atomic E-state index is 12.4. The Balaban J connectivity index is 2.17. The molecule has 0 aromatic heterocycles. The second-order valence-electron chi connectivity index (χ2n) is 5.02. The van der Waals surface area contributed by atoms with Gasteiger partial charge in [-0.25, -0.2) is 0 Å². The molecule has 2 aliphatic rings. The van der Waals surface area contributed by atoms with E-state index in [1.165, 1.54) is 0 Å². The second kappa shape index (κ2) is 4.40. The van der Waals surface area contributed by atoms with Crippen molar-refractivity contribution in [1.82, 2.24) is 10.2 Å². The fraction of sp³-hybridized carbons (Fsp3) is 0.692. The van der Waals surface area contributed by atoms with E-state index in [4.69, 9.17) is 6.42 Å². The smallest absolute Gasteiger partial charge is 0.248 e. The molecule has 0 aromatic carbocycles. The first-order valence-electron chi connectivity index (χ1n) is 6.12. The topological polar surface area (TPSA) is 49.4 Å². The Kier molecular flexibility index (Phi) is 3.10. The molecular weight excluding hydrogens is 216 g/mol. The Hall–Kier alpha value is -1.50. The van der Waals surface area contributed by atoms with Crippen molar-refractivity contribution in [2.45, 2.75) is 38.1 Å². The lowest BCUT2D eigenvalue weighted by molar-refractivity contribution is -0.139. The molecule has 1 saturated carbocycles. The highest BCUT2D eigenvalue weighted by atomic mass is 16.2. The van der Waals surface area contributed by atoms with E-state index >= 15 is 0 Å². The molecule has 2 rings (SSSR count). The first-order valence-corrected chi connectivity index (χ1v) is 6.12. The molecule has 17 heavy (non-hydrogen) atoms. The van der Waals surface area contributed by atoms with E-state index in [1.807, 2.05) is 6.92 Å². The van der Waals surface area contributed by atoms with E-state index in [0.29, 0.717) is 31.8 Å². The standard InChI is InChI=1S/C13H18N2O2/c1-3-4-8-15-9-7-11(16)14-13(2,12(15)17)10-5-6-10/h1,10H,4-9H2,2H3,(H,14,16). The van der Waals surface area contributed by atoms with Gasteiger partial charge in [-0.3, -0.25) is 9.59 Å². The number of terminal acetylenes is 1. The summed E-state index contributed by atoms with van der Waals surface area (Å²) in [5.41, 5.74) is -0.706. The molecule has 2 amide bonds. The van der Waals surface area contributed by atoms with Crippen molar-refractivity contribution >= 4 is 11.8 Å². The Bertz CT molecular complexity index is 381. The van der Waals surface area contributed by atoms with E-state index in [2.05, 4.69) is 11.2 Å². The summed E-state index contributed by atoms with van der Waals surface area (Å²) in [6.07, 6.45) is 8.18. The first kappa shape index (κ1) is 12.0. The van der Waals surface area contributed by atoms with Gasteiger partial charge in [-0.2, -0.15) is 0 Å². The quantitative estimate of drug-likeness (QED) is 0.724. The molecule has 92 valence electrons. The Morgan fingerprint density at radius 2 is 2.24 bits per heavy atom. The van der Waals surface area contributed by atoms with Crippen molar-refractivity contribution in [1.29, 1.82) is 0 Å². The van der Waals surface area contributed by atoms with Crippen LogP contribution in [0.15, 0.2) is 0 Å². The van der Waals surface area contributed by atoms with Crippen molar-refractivity contribution in [2.75, 3.05) is 13.1 Å². The number of carbonyl (C=O) groups excluding carboxylic acids is 2. The number of amides is 2. The molecule has 1 aliphatic carbocycles. The minimum absolute atomic E-state index is 0.0288. The van der Waals surface area contributed by atoms with Gasteiger partial charge in [-0.15, -0.1) is 12.3 Å². The Labute approximate surface area is 102 Å². The molecule has 4 nitrogen and oxygen atoms in total. The van der Waals surface area contributed by atoms with E-state index in [0.717, 1.165) is 12.8 Å². The average molecular weight is 234 g/mol. The molecule has 1 saturated heterocycles. The van der Waals surface area contributed by atoms with Gasteiger partial charge >= 0.3 is 0 Å². The molecule has 1 aliphatic heterocycles. The van der Waals surface area contributed by atoms with E-state index in [1.54, 1.807) is 4.90 Å². The SMILES string of the molecule is C#CCCN1CCC(=O)NC(C)(C2CC2)C1=O. The summed E-state index contributed by atoms with van der Waals surface area (Å²) in [5.74, 6) is 2.83. The van der Waals surface area contributed by atoms with Crippen LogP contribution in [0.5, 0.6) is 0 Å². The van der Waals surface area contributed by atoms with E-state index in [9.17, 15) is 9.59 Å². The van der Waals surface area contributed by atoms with Crippen molar-refractivity contribution in [3.05, 3.63) is 0 Å². The molecule has 2 fully saturated rings. The third kappa shape index (κ3) is 2.28. The second-order valence-corrected chi connectivity index (χ2v) is 5.02. The zero-order valence-corrected chi connectivity index (χ0v) is 10.2. The summed E-state index contributed by atoms with van der Waals surface area (Å²) in [4.78, 5) is 25.8. The van der Waals surface area contributed by atoms with Crippen LogP contribution in [-0.2, 0) is 9.59 Å². The molecule has 0 radical (unpaired) electrons. The van der Waals surface area contributed by atoms with Gasteiger partial charge < -0.3 is 10.2 Å². The largest absolute Gasteiger partial charge is 0.342 e. The zero-order valence-electron chi connectivity index (χ0n) is 10.2. The van der Waals surface area contributed by atoms with Crippen molar-refractivity contribution in [2.24, 2.45) is 5.92 Å². The lowest BCUT2D eigenvalue weighted by Gasteiger charge is -2.32. The highest BCUT2D eigenvalue weighted by molar-refractivity contribution is 5.93. The normalized spacial score (nSPS) is 29.5. The van der Waals surface area contributed by atoms with Gasteiger partial charge in [0.15, 0.2) is 0 Å². The predicted octanol–water partition coefficient (Wildman–Crippen LogP) is 0.527. The monoisotopic (exact) mass is 234 g/mol. The molecule has 0 aromatic rings. The highest BCUT2D eigenvalue weighted by Crippen LogP contribution is 2.41. The minimum Gasteiger partial charge on any atom is -0.342 e. The maximum Gasteiger partial charge on any atom is 0.248 e. The van der Waals surface area contributed by atoms with Gasteiger partial charge in [0.05, 0.1) is 0 Å². The van der Waals surface area contributed by atoms with Crippen LogP contribution in [0, 0.1) is 18.3 Å². The number of carbonyl (C=O) groups is 2. The fourth-order valence-electron chi connectivity index (χ4n) is 2.42. The molecule has 1 atom stereocenters. The number of nitrogens with one attached hydrogen (secondary N) is 1. The molecular formula is C13H18N2O2. The van der Waals surface area contributed by atoms with Gasteiger partial charge in [0.2, 0.25) is 11.8 Å². The molecule has 4 heteroatoms. The highest BCUT2D eigenvalue weighted by Gasteiger charge is 2.50. The van der Waals surface area contributed by atoms with E-state index in [-0.39, 0.29) is 11.8 Å². The molecule has 0 spiro atoms. The van der Waals surface area contributed by atoms with Gasteiger partial charge in [-0.1, -0.05) is 0 Å². The van der Waals surface area contributed by atoms with Crippen LogP contribution in [0.4, 0.5) is 0 Å². The predicted molar refractivity (Wildman–Crippen MR) is 63.9 cm³/mol. The third-order valence-corrected chi connectivity index (χ3v) is 3.66. The maximum atomic E-state index is 12.4. The molecule has 1 unspecified atom stereocenters. The van der Waals surface area contributed by atoms with Crippen LogP contribution in [0.2, 0.25) is 0 Å². The summed E-state index contributed by atoms with van der Waals surface area (Å²) < 4.78 is 0. The van der Waals surface area contributed by atoms with Crippen LogP contribution in [0.3, 0.4) is 0 Å². The summed E-state index contributed by atoms with van der Waals surface area (Å²) >= 11 is 0. The fourth-order valence-corrected chi connectivity index (χ4v) is 2.42. The Morgan fingerprint density at radius 1 is 1.53 bits per heavy atom. The number of nitrogens with zero attached hydrogens (tertiary/aromatic N) is 1. The zero-order chi connectivity index (χ0) is 12.5. The van der Waals surface area contributed by atoms with Crippen LogP contribution in [0.25, 0.3) is 0 Å². The van der Waals surface area contributed by atoms with Crippen molar-refractivity contribution in [3.63, 3.8) is 0 Å². The number of rotatable bonds is 3. The van der Waals surface area contributed by atoms with Gasteiger partial charge in [0, 0.05) is 25.9 Å². The lowest BCUT2D eigenvalue weighted by atomic mass is 9.94. The first-order chi connectivity index (χ1) is 8.08. The molecule has 1 N–H and O–H groups in total. The minimum atomic E-state index is -0.706. The summed E-state index contributed by atoms with van der Waals surface area (Å²) in [6, 6.07) is 0. The third-order valence-electron chi connectivity index (χ3n) is 3.66. The summed E-state index contributed by atoms with van der Waals surface area (Å²) in [7, 11) is 0. The molecule has 0 bridgehead atoms. The summed E-state index contributed by atoms with van der Waals surface area (Å²) in [5, 5.41) is 2.89. The molecule has 1 heterocycles. The van der Waals surface area contributed by atoms with Crippen LogP contribution >= 0.6 is 0 Å².